The van der Waals surface area contributed by atoms with Crippen molar-refractivity contribution in [3.8, 4) is 5.69 Å². The first-order valence-electron chi connectivity index (χ1n) is 9.13. The summed E-state index contributed by atoms with van der Waals surface area (Å²) >= 11 is 6.11. The molecular formula is C22H16ClN3O2. The molecule has 3 aromatic carbocycles. The van der Waals surface area contributed by atoms with E-state index in [4.69, 9.17) is 16.6 Å². The molecule has 0 saturated heterocycles. The zero-order chi connectivity index (χ0) is 19.4. The van der Waals surface area contributed by atoms with Gasteiger partial charge in [-0.05, 0) is 47.5 Å². The van der Waals surface area contributed by atoms with E-state index in [1.54, 1.807) is 22.8 Å². The summed E-state index contributed by atoms with van der Waals surface area (Å²) in [6.07, 6.45) is 0.609. The zero-order valence-electron chi connectivity index (χ0n) is 15.1. The van der Waals surface area contributed by atoms with E-state index in [0.717, 1.165) is 10.8 Å². The van der Waals surface area contributed by atoms with Crippen molar-refractivity contribution in [2.75, 3.05) is 0 Å². The average Bonchev–Trinajstić information content (AvgIpc) is 2.81. The smallest absolute Gasteiger partial charge is 0.266 e. The molecule has 1 N–H and O–H groups in total. The summed E-state index contributed by atoms with van der Waals surface area (Å²) in [6, 6.07) is 16.2. The molecule has 1 unspecified atom stereocenters. The van der Waals surface area contributed by atoms with Gasteiger partial charge >= 0.3 is 0 Å². The van der Waals surface area contributed by atoms with E-state index in [2.05, 4.69) is 5.32 Å². The highest BCUT2D eigenvalue weighted by Crippen LogP contribution is 2.30. The maximum Gasteiger partial charge on any atom is 0.266 e. The number of halogens is 1. The van der Waals surface area contributed by atoms with Crippen LogP contribution in [0.5, 0.6) is 0 Å². The average molecular weight is 390 g/mol. The highest BCUT2D eigenvalue weighted by atomic mass is 35.5. The minimum Gasteiger partial charge on any atom is -0.342 e. The van der Waals surface area contributed by atoms with Crippen LogP contribution in [-0.2, 0) is 0 Å². The number of hydrogen-bond donors (Lipinski definition) is 1. The Kier molecular flexibility index (Phi) is 3.74. The van der Waals surface area contributed by atoms with E-state index < -0.39 is 0 Å². The lowest BCUT2D eigenvalue weighted by atomic mass is 10.0. The second-order valence-corrected chi connectivity index (χ2v) is 7.36. The van der Waals surface area contributed by atoms with Gasteiger partial charge in [0.25, 0.3) is 11.5 Å². The molecule has 138 valence electrons. The molecule has 0 bridgehead atoms. The SMILES string of the molecule is CCC1NC(=O)c2cc3ccccc3cc2-n2c1nc1cc(Cl)ccc1c2=O. The topological polar surface area (TPSA) is 64.0 Å². The summed E-state index contributed by atoms with van der Waals surface area (Å²) in [6.45, 7) is 1.95. The zero-order valence-corrected chi connectivity index (χ0v) is 15.8. The molecule has 0 fully saturated rings. The lowest BCUT2D eigenvalue weighted by Gasteiger charge is -2.17. The third-order valence-corrected chi connectivity index (χ3v) is 5.47. The van der Waals surface area contributed by atoms with E-state index in [1.807, 2.05) is 43.3 Å². The van der Waals surface area contributed by atoms with Gasteiger partial charge in [-0.15, -0.1) is 0 Å². The lowest BCUT2D eigenvalue weighted by molar-refractivity contribution is 0.0937. The van der Waals surface area contributed by atoms with Gasteiger partial charge in [-0.2, -0.15) is 0 Å². The molecule has 1 aromatic heterocycles. The second-order valence-electron chi connectivity index (χ2n) is 6.92. The Hall–Kier alpha value is -3.18. The Balaban J connectivity index is 1.95. The monoisotopic (exact) mass is 389 g/mol. The van der Waals surface area contributed by atoms with Crippen LogP contribution in [-0.4, -0.2) is 15.5 Å². The molecule has 28 heavy (non-hydrogen) atoms. The van der Waals surface area contributed by atoms with Crippen molar-refractivity contribution in [2.45, 2.75) is 19.4 Å². The van der Waals surface area contributed by atoms with Gasteiger partial charge in [0, 0.05) is 5.02 Å². The molecule has 5 rings (SSSR count). The van der Waals surface area contributed by atoms with Gasteiger partial charge in [-0.3, -0.25) is 14.2 Å². The largest absolute Gasteiger partial charge is 0.342 e. The van der Waals surface area contributed by atoms with Crippen molar-refractivity contribution >= 4 is 39.2 Å². The standard InChI is InChI=1S/C22H16ClN3O2/c1-2-17-20-24-18-11-14(23)7-8-15(18)22(28)26(20)19-10-13-6-4-3-5-12(13)9-16(19)21(27)25-17/h3-11,17H,2H2,1H3,(H,25,27). The van der Waals surface area contributed by atoms with Crippen molar-refractivity contribution in [3.05, 3.63) is 81.4 Å². The molecule has 0 spiro atoms. The van der Waals surface area contributed by atoms with Gasteiger partial charge < -0.3 is 5.32 Å². The number of hydrogen-bond acceptors (Lipinski definition) is 3. The minimum absolute atomic E-state index is 0.205. The minimum atomic E-state index is -0.376. The molecule has 1 aliphatic heterocycles. The molecule has 1 amide bonds. The van der Waals surface area contributed by atoms with Crippen LogP contribution in [0.2, 0.25) is 5.02 Å². The Morgan fingerprint density at radius 2 is 1.82 bits per heavy atom. The fourth-order valence-corrected chi connectivity index (χ4v) is 3.99. The first-order valence-corrected chi connectivity index (χ1v) is 9.51. The van der Waals surface area contributed by atoms with Crippen LogP contribution < -0.4 is 10.9 Å². The molecule has 1 aliphatic rings. The number of rotatable bonds is 1. The van der Waals surface area contributed by atoms with Crippen molar-refractivity contribution in [2.24, 2.45) is 0 Å². The Bertz CT molecular complexity index is 1340. The summed E-state index contributed by atoms with van der Waals surface area (Å²) in [4.78, 5) is 31.1. The van der Waals surface area contributed by atoms with Gasteiger partial charge in [0.05, 0.1) is 28.2 Å². The predicted molar refractivity (Wildman–Crippen MR) is 110 cm³/mol. The van der Waals surface area contributed by atoms with E-state index in [9.17, 15) is 9.59 Å². The summed E-state index contributed by atoms with van der Waals surface area (Å²) in [5.41, 5.74) is 1.34. The maximum absolute atomic E-state index is 13.4. The fraction of sp³-hybridized carbons (Fsp3) is 0.136. The molecule has 4 aromatic rings. The van der Waals surface area contributed by atoms with Crippen LogP contribution in [0.1, 0.15) is 35.6 Å². The van der Waals surface area contributed by atoms with Crippen LogP contribution in [0.4, 0.5) is 0 Å². The van der Waals surface area contributed by atoms with Crippen molar-refractivity contribution in [1.29, 1.82) is 0 Å². The number of amides is 1. The summed E-state index contributed by atoms with van der Waals surface area (Å²) < 4.78 is 1.57. The van der Waals surface area contributed by atoms with Crippen LogP contribution in [0.25, 0.3) is 27.4 Å². The molecule has 5 nitrogen and oxygen atoms in total. The van der Waals surface area contributed by atoms with Gasteiger partial charge in [0.1, 0.15) is 5.82 Å². The van der Waals surface area contributed by atoms with Crippen LogP contribution in [0.15, 0.2) is 59.4 Å². The molecule has 0 radical (unpaired) electrons. The van der Waals surface area contributed by atoms with E-state index in [0.29, 0.717) is 39.4 Å². The highest BCUT2D eigenvalue weighted by Gasteiger charge is 2.29. The molecule has 1 atom stereocenters. The summed E-state index contributed by atoms with van der Waals surface area (Å²) in [7, 11) is 0. The summed E-state index contributed by atoms with van der Waals surface area (Å²) in [5, 5.41) is 5.90. The fourth-order valence-electron chi connectivity index (χ4n) is 3.82. The quantitative estimate of drug-likeness (QED) is 0.525. The Morgan fingerprint density at radius 1 is 1.07 bits per heavy atom. The van der Waals surface area contributed by atoms with Gasteiger partial charge in [-0.1, -0.05) is 42.8 Å². The van der Waals surface area contributed by atoms with Gasteiger partial charge in [0.2, 0.25) is 0 Å². The van der Waals surface area contributed by atoms with Crippen molar-refractivity contribution in [3.63, 3.8) is 0 Å². The number of nitrogens with zero attached hydrogens (tertiary/aromatic N) is 2. The molecule has 0 saturated carbocycles. The maximum atomic E-state index is 13.4. The van der Waals surface area contributed by atoms with Crippen molar-refractivity contribution in [1.82, 2.24) is 14.9 Å². The molecule has 0 aliphatic carbocycles. The molecule has 2 heterocycles. The number of benzene rings is 3. The number of carbonyl (C=O) groups is 1. The molecule has 6 heteroatoms. The van der Waals surface area contributed by atoms with E-state index in [1.165, 1.54) is 0 Å². The number of carbonyl (C=O) groups excluding carboxylic acids is 1. The second kappa shape index (κ2) is 6.17. The third-order valence-electron chi connectivity index (χ3n) is 5.23. The predicted octanol–water partition coefficient (Wildman–Crippen LogP) is 4.39. The van der Waals surface area contributed by atoms with Crippen LogP contribution in [0, 0.1) is 0 Å². The molecular weight excluding hydrogens is 374 g/mol. The highest BCUT2D eigenvalue weighted by molar-refractivity contribution is 6.31. The first-order chi connectivity index (χ1) is 13.6. The Labute approximate surface area is 165 Å². The van der Waals surface area contributed by atoms with Crippen molar-refractivity contribution < 1.29 is 4.79 Å². The number of fused-ring (bicyclic) bond motifs is 5. The van der Waals surface area contributed by atoms with Gasteiger partial charge in [-0.25, -0.2) is 4.98 Å². The summed E-state index contributed by atoms with van der Waals surface area (Å²) in [5.74, 6) is 0.309. The number of nitrogens with one attached hydrogen (secondary N) is 1. The third kappa shape index (κ3) is 2.43. The first kappa shape index (κ1) is 17.0. The lowest BCUT2D eigenvalue weighted by Crippen LogP contribution is -2.30. The normalized spacial score (nSPS) is 15.8. The van der Waals surface area contributed by atoms with Gasteiger partial charge in [0.15, 0.2) is 0 Å². The van der Waals surface area contributed by atoms with E-state index >= 15 is 0 Å². The van der Waals surface area contributed by atoms with Crippen LogP contribution >= 0.6 is 11.6 Å². The Morgan fingerprint density at radius 3 is 2.57 bits per heavy atom. The number of aromatic nitrogens is 2. The van der Waals surface area contributed by atoms with E-state index in [-0.39, 0.29) is 17.5 Å². The van der Waals surface area contributed by atoms with Crippen LogP contribution in [0.3, 0.4) is 0 Å².